The summed E-state index contributed by atoms with van der Waals surface area (Å²) in [6.45, 7) is 1.60. The number of carbonyl (C=O) groups excluding carboxylic acids is 2. The van der Waals surface area contributed by atoms with Gasteiger partial charge in [0.15, 0.2) is 0 Å². The first-order chi connectivity index (χ1) is 11.5. The third-order valence-electron chi connectivity index (χ3n) is 2.85. The molecule has 24 heavy (non-hydrogen) atoms. The molecule has 0 atom stereocenters. The van der Waals surface area contributed by atoms with E-state index in [1.807, 2.05) is 0 Å². The maximum Gasteiger partial charge on any atom is 0.281 e. The number of rotatable bonds is 6. The zero-order valence-electron chi connectivity index (χ0n) is 12.7. The molecule has 0 aliphatic heterocycles. The van der Waals surface area contributed by atoms with Crippen molar-refractivity contribution in [2.75, 3.05) is 5.32 Å². The highest BCUT2D eigenvalue weighted by Gasteiger charge is 2.10. The summed E-state index contributed by atoms with van der Waals surface area (Å²) in [4.78, 5) is 34.3. The number of hydrogen-bond acceptors (Lipinski definition) is 6. The summed E-state index contributed by atoms with van der Waals surface area (Å²) >= 11 is 1.29. The molecular weight excluding hydrogens is 332 g/mol. The number of nitrogens with zero attached hydrogens (tertiary/aromatic N) is 2. The number of hydrazone groups is 1. The van der Waals surface area contributed by atoms with E-state index < -0.39 is 4.92 Å². The number of nitrogens with one attached hydrogen (secondary N) is 2. The van der Waals surface area contributed by atoms with Crippen molar-refractivity contribution in [3.8, 4) is 0 Å². The van der Waals surface area contributed by atoms with Crippen LogP contribution in [0.5, 0.6) is 0 Å². The smallest absolute Gasteiger partial charge is 0.281 e. The van der Waals surface area contributed by atoms with Gasteiger partial charge in [-0.2, -0.15) is 5.10 Å². The minimum absolute atomic E-state index is 0.0482. The molecule has 8 nitrogen and oxygen atoms in total. The molecule has 1 aromatic carbocycles. The lowest BCUT2D eigenvalue weighted by atomic mass is 10.2. The molecule has 0 unspecified atom stereocenters. The van der Waals surface area contributed by atoms with Crippen molar-refractivity contribution < 1.29 is 14.5 Å². The highest BCUT2D eigenvalue weighted by Crippen LogP contribution is 2.17. The Bertz CT molecular complexity index is 787. The van der Waals surface area contributed by atoms with Gasteiger partial charge in [-0.25, -0.2) is 5.43 Å². The summed E-state index contributed by atoms with van der Waals surface area (Å²) in [6.07, 6.45) is -0.0482. The van der Waals surface area contributed by atoms with E-state index in [9.17, 15) is 19.7 Å². The SMILES string of the molecule is C/C(CC(=O)Nc1cccc([N+](=O)[O-])c1)=N/NC(=O)c1cccs1. The number of amides is 2. The molecule has 2 rings (SSSR count). The van der Waals surface area contributed by atoms with Crippen LogP contribution in [-0.4, -0.2) is 22.4 Å². The number of hydrogen-bond donors (Lipinski definition) is 2. The van der Waals surface area contributed by atoms with Crippen LogP contribution in [-0.2, 0) is 4.79 Å². The molecule has 9 heteroatoms. The number of benzene rings is 1. The lowest BCUT2D eigenvalue weighted by Gasteiger charge is -2.05. The summed E-state index contributed by atoms with van der Waals surface area (Å²) in [5.74, 6) is -0.731. The van der Waals surface area contributed by atoms with Gasteiger partial charge in [-0.15, -0.1) is 11.3 Å². The van der Waals surface area contributed by atoms with Gasteiger partial charge in [0.1, 0.15) is 0 Å². The molecule has 2 N–H and O–H groups in total. The maximum absolute atomic E-state index is 11.9. The van der Waals surface area contributed by atoms with E-state index in [2.05, 4.69) is 15.8 Å². The monoisotopic (exact) mass is 346 g/mol. The van der Waals surface area contributed by atoms with Gasteiger partial charge in [0.25, 0.3) is 11.6 Å². The average molecular weight is 346 g/mol. The number of thiophene rings is 1. The van der Waals surface area contributed by atoms with Gasteiger partial charge >= 0.3 is 0 Å². The minimum Gasteiger partial charge on any atom is -0.326 e. The van der Waals surface area contributed by atoms with Gasteiger partial charge in [-0.05, 0) is 24.4 Å². The highest BCUT2D eigenvalue weighted by atomic mass is 32.1. The Morgan fingerprint density at radius 3 is 2.75 bits per heavy atom. The summed E-state index contributed by atoms with van der Waals surface area (Å²) in [7, 11) is 0. The Morgan fingerprint density at radius 1 is 1.29 bits per heavy atom. The van der Waals surface area contributed by atoms with Crippen LogP contribution in [0.2, 0.25) is 0 Å². The molecular formula is C15H14N4O4S. The summed E-state index contributed by atoms with van der Waals surface area (Å²) in [5, 5.41) is 18.9. The van der Waals surface area contributed by atoms with Crippen LogP contribution in [0.25, 0.3) is 0 Å². The standard InChI is InChI=1S/C15H14N4O4S/c1-10(17-18-15(21)13-6-3-7-24-13)8-14(20)16-11-4-2-5-12(9-11)19(22)23/h2-7,9H,8H2,1H3,(H,16,20)(H,18,21)/b17-10-. The Hall–Kier alpha value is -3.07. The van der Waals surface area contributed by atoms with Gasteiger partial charge in [0.2, 0.25) is 5.91 Å². The van der Waals surface area contributed by atoms with Crippen molar-refractivity contribution in [3.63, 3.8) is 0 Å². The molecule has 0 saturated heterocycles. The van der Waals surface area contributed by atoms with Crippen LogP contribution in [0.4, 0.5) is 11.4 Å². The highest BCUT2D eigenvalue weighted by molar-refractivity contribution is 7.12. The molecule has 1 heterocycles. The van der Waals surface area contributed by atoms with E-state index in [-0.39, 0.29) is 23.9 Å². The fraction of sp³-hybridized carbons (Fsp3) is 0.133. The van der Waals surface area contributed by atoms with Crippen molar-refractivity contribution in [1.82, 2.24) is 5.43 Å². The van der Waals surface area contributed by atoms with Gasteiger partial charge in [0.05, 0.1) is 16.2 Å². The quantitative estimate of drug-likeness (QED) is 0.475. The number of nitro groups is 1. The van der Waals surface area contributed by atoms with E-state index in [0.29, 0.717) is 16.3 Å². The van der Waals surface area contributed by atoms with Gasteiger partial charge in [-0.1, -0.05) is 12.1 Å². The summed E-state index contributed by atoms with van der Waals surface area (Å²) < 4.78 is 0. The first-order valence-electron chi connectivity index (χ1n) is 6.87. The second kappa shape index (κ2) is 7.97. The van der Waals surface area contributed by atoms with E-state index in [1.54, 1.807) is 30.5 Å². The third-order valence-corrected chi connectivity index (χ3v) is 3.72. The maximum atomic E-state index is 11.9. The van der Waals surface area contributed by atoms with Crippen molar-refractivity contribution in [1.29, 1.82) is 0 Å². The molecule has 0 radical (unpaired) electrons. The Kier molecular flexibility index (Phi) is 5.74. The van der Waals surface area contributed by atoms with Crippen molar-refractivity contribution in [2.45, 2.75) is 13.3 Å². The fourth-order valence-electron chi connectivity index (χ4n) is 1.78. The predicted molar refractivity (Wildman–Crippen MR) is 91.2 cm³/mol. The second-order valence-electron chi connectivity index (χ2n) is 4.80. The number of nitro benzene ring substituents is 1. The molecule has 2 aromatic rings. The molecule has 0 fully saturated rings. The predicted octanol–water partition coefficient (Wildman–Crippen LogP) is 2.79. The van der Waals surface area contributed by atoms with E-state index in [4.69, 9.17) is 0 Å². The molecule has 0 spiro atoms. The van der Waals surface area contributed by atoms with Crippen molar-refractivity contribution in [2.24, 2.45) is 5.10 Å². The first-order valence-corrected chi connectivity index (χ1v) is 7.75. The molecule has 0 saturated carbocycles. The van der Waals surface area contributed by atoms with E-state index in [0.717, 1.165) is 0 Å². The van der Waals surface area contributed by atoms with Crippen LogP contribution in [0.15, 0.2) is 46.9 Å². The number of carbonyl (C=O) groups is 2. The summed E-state index contributed by atoms with van der Waals surface area (Å²) in [6, 6.07) is 9.06. The summed E-state index contributed by atoms with van der Waals surface area (Å²) in [5.41, 5.74) is 2.99. The van der Waals surface area contributed by atoms with E-state index in [1.165, 1.54) is 29.5 Å². The van der Waals surface area contributed by atoms with E-state index >= 15 is 0 Å². The van der Waals surface area contributed by atoms with Crippen LogP contribution in [0.1, 0.15) is 23.0 Å². The lowest BCUT2D eigenvalue weighted by molar-refractivity contribution is -0.384. The Balaban J connectivity index is 1.89. The largest absolute Gasteiger partial charge is 0.326 e. The number of anilines is 1. The normalized spacial score (nSPS) is 11.0. The molecule has 0 bridgehead atoms. The zero-order valence-corrected chi connectivity index (χ0v) is 13.5. The number of non-ortho nitro benzene ring substituents is 1. The van der Waals surface area contributed by atoms with Crippen molar-refractivity contribution in [3.05, 3.63) is 56.8 Å². The Morgan fingerprint density at radius 2 is 2.08 bits per heavy atom. The molecule has 0 aliphatic carbocycles. The van der Waals surface area contributed by atoms with Gasteiger partial charge in [-0.3, -0.25) is 19.7 Å². The second-order valence-corrected chi connectivity index (χ2v) is 5.75. The van der Waals surface area contributed by atoms with Crippen LogP contribution < -0.4 is 10.7 Å². The third kappa shape index (κ3) is 4.99. The first kappa shape index (κ1) is 17.3. The van der Waals surface area contributed by atoms with Crippen molar-refractivity contribution >= 4 is 40.2 Å². The lowest BCUT2D eigenvalue weighted by Crippen LogP contribution is -2.20. The minimum atomic E-state index is -0.539. The molecule has 0 aliphatic rings. The molecule has 1 aromatic heterocycles. The zero-order chi connectivity index (χ0) is 17.5. The van der Waals surface area contributed by atoms with Crippen LogP contribution in [0.3, 0.4) is 0 Å². The fourth-order valence-corrected chi connectivity index (χ4v) is 2.40. The van der Waals surface area contributed by atoms with Crippen LogP contribution >= 0.6 is 11.3 Å². The van der Waals surface area contributed by atoms with Gasteiger partial charge in [0, 0.05) is 23.5 Å². The van der Waals surface area contributed by atoms with Gasteiger partial charge < -0.3 is 5.32 Å². The molecule has 2 amide bonds. The average Bonchev–Trinajstić information content (AvgIpc) is 3.07. The Labute approximate surface area is 141 Å². The molecule has 124 valence electrons. The van der Waals surface area contributed by atoms with Crippen LogP contribution in [0, 0.1) is 10.1 Å². The topological polar surface area (TPSA) is 114 Å².